The van der Waals surface area contributed by atoms with Gasteiger partial charge in [-0.2, -0.15) is 0 Å². The van der Waals surface area contributed by atoms with E-state index in [1.807, 2.05) is 12.1 Å². The van der Waals surface area contributed by atoms with Crippen molar-refractivity contribution in [3.63, 3.8) is 0 Å². The van der Waals surface area contributed by atoms with Gasteiger partial charge in [-0.3, -0.25) is 4.98 Å². The van der Waals surface area contributed by atoms with E-state index in [9.17, 15) is 9.90 Å². The number of quaternary nitrogens is 1. The van der Waals surface area contributed by atoms with Gasteiger partial charge in [-0.1, -0.05) is 24.3 Å². The number of aliphatic carboxylic acids is 1. The first kappa shape index (κ1) is 13.8. The van der Waals surface area contributed by atoms with Crippen LogP contribution in [0.5, 0.6) is 0 Å². The van der Waals surface area contributed by atoms with Crippen LogP contribution in [-0.2, 0) is 11.2 Å². The zero-order chi connectivity index (χ0) is 14.7. The first-order valence-corrected chi connectivity index (χ1v) is 7.28. The van der Waals surface area contributed by atoms with Gasteiger partial charge in [0.05, 0.1) is 13.1 Å². The van der Waals surface area contributed by atoms with Gasteiger partial charge in [0.25, 0.3) is 0 Å². The van der Waals surface area contributed by atoms with E-state index in [0.29, 0.717) is 6.54 Å². The molecule has 0 bridgehead atoms. The lowest BCUT2D eigenvalue weighted by molar-refractivity contribution is -0.927. The maximum absolute atomic E-state index is 10.8. The first-order chi connectivity index (χ1) is 10.3. The van der Waals surface area contributed by atoms with Crippen LogP contribution in [0.1, 0.15) is 29.2 Å². The number of fused-ring (bicyclic) bond motifs is 1. The molecule has 108 valence electrons. The van der Waals surface area contributed by atoms with Crippen LogP contribution in [0.25, 0.3) is 0 Å². The fraction of sp³-hybridized carbons (Fsp3) is 0.294. The highest BCUT2D eigenvalue weighted by Gasteiger charge is 2.31. The summed E-state index contributed by atoms with van der Waals surface area (Å²) in [5, 5.41) is 10.8. The van der Waals surface area contributed by atoms with Crippen molar-refractivity contribution in [3.8, 4) is 0 Å². The number of hydrogen-bond acceptors (Lipinski definition) is 3. The SMILES string of the molecule is O=C([O-])CC[NH+]1CCc2ccccc2[C@H]1c1ccncc1. The number of rotatable bonds is 4. The van der Waals surface area contributed by atoms with E-state index in [4.69, 9.17) is 0 Å². The molecule has 1 aromatic carbocycles. The summed E-state index contributed by atoms with van der Waals surface area (Å²) in [7, 11) is 0. The van der Waals surface area contributed by atoms with Crippen LogP contribution in [0, 0.1) is 0 Å². The first-order valence-electron chi connectivity index (χ1n) is 7.28. The minimum atomic E-state index is -0.977. The second-order valence-electron chi connectivity index (χ2n) is 5.44. The van der Waals surface area contributed by atoms with Crippen molar-refractivity contribution in [2.24, 2.45) is 0 Å². The summed E-state index contributed by atoms with van der Waals surface area (Å²) in [6.07, 6.45) is 4.67. The highest BCUT2D eigenvalue weighted by molar-refractivity contribution is 5.64. The zero-order valence-electron chi connectivity index (χ0n) is 11.8. The second kappa shape index (κ2) is 6.06. The number of aromatic nitrogens is 1. The molecule has 1 unspecified atom stereocenters. The lowest BCUT2D eigenvalue weighted by Crippen LogP contribution is -3.13. The standard InChI is InChI=1S/C17H18N2O2/c20-16(21)8-12-19-11-7-13-3-1-2-4-15(13)17(19)14-5-9-18-10-6-14/h1-6,9-10,17H,7-8,11-12H2,(H,20,21)/t17-/m1/s1. The van der Waals surface area contributed by atoms with E-state index < -0.39 is 5.97 Å². The number of carboxylic acid groups (broad SMARTS) is 1. The summed E-state index contributed by atoms with van der Waals surface area (Å²) in [6, 6.07) is 12.6. The van der Waals surface area contributed by atoms with E-state index in [1.54, 1.807) is 12.4 Å². The summed E-state index contributed by atoms with van der Waals surface area (Å²) in [4.78, 5) is 16.2. The predicted molar refractivity (Wildman–Crippen MR) is 76.5 cm³/mol. The van der Waals surface area contributed by atoms with Crippen molar-refractivity contribution in [2.45, 2.75) is 18.9 Å². The predicted octanol–water partition coefficient (Wildman–Crippen LogP) is -0.248. The quantitative estimate of drug-likeness (QED) is 0.841. The summed E-state index contributed by atoms with van der Waals surface area (Å²) >= 11 is 0. The number of nitrogens with one attached hydrogen (secondary N) is 1. The highest BCUT2D eigenvalue weighted by atomic mass is 16.4. The molecule has 0 spiro atoms. The van der Waals surface area contributed by atoms with Gasteiger partial charge >= 0.3 is 0 Å². The van der Waals surface area contributed by atoms with Gasteiger partial charge in [0.15, 0.2) is 0 Å². The Kier molecular flexibility index (Phi) is 3.97. The smallest absolute Gasteiger partial charge is 0.139 e. The van der Waals surface area contributed by atoms with Gasteiger partial charge in [-0.05, 0) is 17.7 Å². The molecule has 1 aliphatic heterocycles. The number of benzene rings is 1. The molecule has 21 heavy (non-hydrogen) atoms. The fourth-order valence-electron chi connectivity index (χ4n) is 3.21. The van der Waals surface area contributed by atoms with E-state index in [1.165, 1.54) is 21.6 Å². The molecule has 0 fully saturated rings. The highest BCUT2D eigenvalue weighted by Crippen LogP contribution is 2.25. The van der Waals surface area contributed by atoms with Crippen molar-refractivity contribution >= 4 is 5.97 Å². The summed E-state index contributed by atoms with van der Waals surface area (Å²) < 4.78 is 0. The van der Waals surface area contributed by atoms with Crippen molar-refractivity contribution in [3.05, 3.63) is 65.5 Å². The largest absolute Gasteiger partial charge is 0.550 e. The van der Waals surface area contributed by atoms with Gasteiger partial charge in [0, 0.05) is 42.3 Å². The number of carboxylic acids is 1. The molecule has 0 aliphatic carbocycles. The molecule has 2 heterocycles. The van der Waals surface area contributed by atoms with Crippen molar-refractivity contribution in [1.29, 1.82) is 0 Å². The molecular weight excluding hydrogens is 264 g/mol. The van der Waals surface area contributed by atoms with Crippen LogP contribution in [-0.4, -0.2) is 24.0 Å². The number of nitrogens with zero attached hydrogens (tertiary/aromatic N) is 1. The second-order valence-corrected chi connectivity index (χ2v) is 5.44. The summed E-state index contributed by atoms with van der Waals surface area (Å²) in [5.41, 5.74) is 3.84. The molecule has 1 aliphatic rings. The molecular formula is C17H18N2O2. The normalized spacial score (nSPS) is 20.8. The van der Waals surface area contributed by atoms with Gasteiger partial charge in [0.1, 0.15) is 6.04 Å². The number of carbonyl (C=O) groups is 1. The maximum atomic E-state index is 10.8. The molecule has 1 N–H and O–H groups in total. The Labute approximate surface area is 124 Å². The molecule has 2 atom stereocenters. The Morgan fingerprint density at radius 1 is 1.24 bits per heavy atom. The van der Waals surface area contributed by atoms with Crippen molar-refractivity contribution in [1.82, 2.24) is 4.98 Å². The summed E-state index contributed by atoms with van der Waals surface area (Å²) in [5.74, 6) is -0.977. The summed E-state index contributed by atoms with van der Waals surface area (Å²) in [6.45, 7) is 1.53. The molecule has 0 amide bonds. The topological polar surface area (TPSA) is 57.5 Å². The van der Waals surface area contributed by atoms with Crippen LogP contribution in [0.15, 0.2) is 48.8 Å². The molecule has 2 aromatic rings. The van der Waals surface area contributed by atoms with Crippen LogP contribution < -0.4 is 10.0 Å². The Balaban J connectivity index is 1.97. The van der Waals surface area contributed by atoms with Crippen LogP contribution in [0.4, 0.5) is 0 Å². The lowest BCUT2D eigenvalue weighted by atomic mass is 9.88. The van der Waals surface area contributed by atoms with E-state index >= 15 is 0 Å². The average molecular weight is 282 g/mol. The average Bonchev–Trinajstić information content (AvgIpc) is 2.53. The third-order valence-electron chi connectivity index (χ3n) is 4.18. The third kappa shape index (κ3) is 2.95. The Hall–Kier alpha value is -2.20. The third-order valence-corrected chi connectivity index (χ3v) is 4.18. The lowest BCUT2D eigenvalue weighted by Gasteiger charge is -2.34. The molecule has 0 radical (unpaired) electrons. The van der Waals surface area contributed by atoms with E-state index in [0.717, 1.165) is 13.0 Å². The Morgan fingerprint density at radius 3 is 2.76 bits per heavy atom. The molecule has 0 saturated heterocycles. The van der Waals surface area contributed by atoms with Gasteiger partial charge in [0.2, 0.25) is 0 Å². The van der Waals surface area contributed by atoms with E-state index in [2.05, 4.69) is 29.2 Å². The van der Waals surface area contributed by atoms with Crippen LogP contribution in [0.3, 0.4) is 0 Å². The van der Waals surface area contributed by atoms with Gasteiger partial charge in [-0.25, -0.2) is 0 Å². The number of pyridine rings is 1. The molecule has 0 saturated carbocycles. The molecule has 4 nitrogen and oxygen atoms in total. The molecule has 4 heteroatoms. The fourth-order valence-corrected chi connectivity index (χ4v) is 3.21. The Morgan fingerprint density at radius 2 is 2.00 bits per heavy atom. The molecule has 1 aromatic heterocycles. The maximum Gasteiger partial charge on any atom is 0.139 e. The number of hydrogen-bond donors (Lipinski definition) is 1. The minimum Gasteiger partial charge on any atom is -0.550 e. The van der Waals surface area contributed by atoms with Gasteiger partial charge in [-0.15, -0.1) is 0 Å². The van der Waals surface area contributed by atoms with Crippen LogP contribution in [0.2, 0.25) is 0 Å². The Bertz CT molecular complexity index is 628. The number of carbonyl (C=O) groups excluding carboxylic acids is 1. The monoisotopic (exact) mass is 282 g/mol. The van der Waals surface area contributed by atoms with E-state index in [-0.39, 0.29) is 12.5 Å². The molecule has 3 rings (SSSR count). The van der Waals surface area contributed by atoms with Crippen LogP contribution >= 0.6 is 0 Å². The van der Waals surface area contributed by atoms with Crippen molar-refractivity contribution < 1.29 is 14.8 Å². The minimum absolute atomic E-state index is 0.0963. The van der Waals surface area contributed by atoms with Gasteiger partial charge < -0.3 is 14.8 Å². The zero-order valence-corrected chi connectivity index (χ0v) is 11.8. The van der Waals surface area contributed by atoms with Crippen molar-refractivity contribution in [2.75, 3.05) is 13.1 Å².